The highest BCUT2D eigenvalue weighted by Gasteiger charge is 2.28. The molecule has 0 amide bonds. The molecule has 6 heteroatoms. The maximum Gasteiger partial charge on any atom is 0.203 e. The first-order valence-corrected chi connectivity index (χ1v) is 7.72. The fourth-order valence-electron chi connectivity index (χ4n) is 2.11. The summed E-state index contributed by atoms with van der Waals surface area (Å²) in [4.78, 5) is 4.40. The van der Waals surface area contributed by atoms with Crippen LogP contribution in [0, 0.1) is 6.92 Å². The average Bonchev–Trinajstić information content (AvgIpc) is 2.70. The number of aromatic nitrogens is 2. The van der Waals surface area contributed by atoms with Crippen molar-refractivity contribution in [2.24, 2.45) is 0 Å². The van der Waals surface area contributed by atoms with Crippen molar-refractivity contribution in [3.63, 3.8) is 0 Å². The minimum atomic E-state index is -2.84. The van der Waals surface area contributed by atoms with Gasteiger partial charge in [0.15, 0.2) is 9.84 Å². The van der Waals surface area contributed by atoms with Gasteiger partial charge in [0.1, 0.15) is 0 Å². The fraction of sp³-hybridized carbons (Fsp3) is 0.727. The Balaban J connectivity index is 2.14. The molecule has 2 heterocycles. The Kier molecular flexibility index (Phi) is 3.16. The molecule has 1 aliphatic heterocycles. The van der Waals surface area contributed by atoms with Crippen molar-refractivity contribution in [3.8, 4) is 0 Å². The quantitative estimate of drug-likeness (QED) is 0.888. The molecule has 0 saturated carbocycles. The van der Waals surface area contributed by atoms with E-state index in [0.717, 1.165) is 11.6 Å². The van der Waals surface area contributed by atoms with E-state index in [4.69, 9.17) is 0 Å². The van der Waals surface area contributed by atoms with Crippen molar-refractivity contribution in [3.05, 3.63) is 11.9 Å². The zero-order valence-electron chi connectivity index (χ0n) is 10.5. The van der Waals surface area contributed by atoms with E-state index in [1.54, 1.807) is 0 Å². The lowest BCUT2D eigenvalue weighted by Crippen LogP contribution is -2.23. The molecule has 0 aliphatic carbocycles. The molecule has 1 unspecified atom stereocenters. The van der Waals surface area contributed by atoms with Gasteiger partial charge in [-0.25, -0.2) is 13.4 Å². The second-order valence-corrected chi connectivity index (χ2v) is 7.18. The van der Waals surface area contributed by atoms with Crippen LogP contribution in [0.3, 0.4) is 0 Å². The predicted molar refractivity (Wildman–Crippen MR) is 68.0 cm³/mol. The number of anilines is 1. The molecule has 0 radical (unpaired) electrons. The van der Waals surface area contributed by atoms with E-state index in [1.807, 2.05) is 17.7 Å². The Hall–Kier alpha value is -1.04. The van der Waals surface area contributed by atoms with Crippen molar-refractivity contribution >= 4 is 15.8 Å². The first kappa shape index (κ1) is 12.4. The zero-order chi connectivity index (χ0) is 12.6. The second-order valence-electron chi connectivity index (χ2n) is 4.95. The van der Waals surface area contributed by atoms with Gasteiger partial charge in [0.05, 0.1) is 17.2 Å². The Bertz CT molecular complexity index is 505. The SMILES string of the molecule is Cc1cn(C(C)C)c(NC2CCS(=O)(=O)C2)n1. The third-order valence-corrected chi connectivity index (χ3v) is 4.74. The van der Waals surface area contributed by atoms with Crippen molar-refractivity contribution in [1.29, 1.82) is 0 Å². The highest BCUT2D eigenvalue weighted by molar-refractivity contribution is 7.91. The lowest BCUT2D eigenvalue weighted by atomic mass is 10.3. The summed E-state index contributed by atoms with van der Waals surface area (Å²) in [5, 5.41) is 3.24. The van der Waals surface area contributed by atoms with Crippen molar-refractivity contribution in [2.75, 3.05) is 16.8 Å². The third kappa shape index (κ3) is 2.80. The van der Waals surface area contributed by atoms with Crippen LogP contribution in [0.25, 0.3) is 0 Å². The molecular formula is C11H19N3O2S. The molecule has 17 heavy (non-hydrogen) atoms. The van der Waals surface area contributed by atoms with Crippen LogP contribution in [0.4, 0.5) is 5.95 Å². The van der Waals surface area contributed by atoms with E-state index in [1.165, 1.54) is 0 Å². The minimum Gasteiger partial charge on any atom is -0.352 e. The predicted octanol–water partition coefficient (Wildman–Crippen LogP) is 1.37. The van der Waals surface area contributed by atoms with Crippen LogP contribution < -0.4 is 5.32 Å². The molecule has 1 N–H and O–H groups in total. The number of nitrogens with one attached hydrogen (secondary N) is 1. The van der Waals surface area contributed by atoms with Gasteiger partial charge >= 0.3 is 0 Å². The molecule has 2 rings (SSSR count). The molecule has 1 aromatic rings. The van der Waals surface area contributed by atoms with Crippen molar-refractivity contribution in [1.82, 2.24) is 9.55 Å². The molecule has 1 fully saturated rings. The second kappa shape index (κ2) is 4.33. The van der Waals surface area contributed by atoms with Crippen LogP contribution in [-0.2, 0) is 9.84 Å². The van der Waals surface area contributed by atoms with Crippen LogP contribution in [0.5, 0.6) is 0 Å². The summed E-state index contributed by atoms with van der Waals surface area (Å²) in [6, 6.07) is 0.316. The van der Waals surface area contributed by atoms with Crippen LogP contribution in [-0.4, -0.2) is 35.5 Å². The summed E-state index contributed by atoms with van der Waals surface area (Å²) in [5.41, 5.74) is 0.946. The van der Waals surface area contributed by atoms with Gasteiger partial charge < -0.3 is 9.88 Å². The van der Waals surface area contributed by atoms with Crippen LogP contribution in [0.1, 0.15) is 32.0 Å². The number of hydrogen-bond acceptors (Lipinski definition) is 4. The standard InChI is InChI=1S/C11H19N3O2S/c1-8(2)14-6-9(3)12-11(14)13-10-4-5-17(15,16)7-10/h6,8,10H,4-5,7H2,1-3H3,(H,12,13). The summed E-state index contributed by atoms with van der Waals surface area (Å²) >= 11 is 0. The van der Waals surface area contributed by atoms with Gasteiger partial charge in [-0.1, -0.05) is 0 Å². The topological polar surface area (TPSA) is 64.0 Å². The van der Waals surface area contributed by atoms with Crippen molar-refractivity contribution in [2.45, 2.75) is 39.3 Å². The number of imidazole rings is 1. The lowest BCUT2D eigenvalue weighted by Gasteiger charge is -2.15. The highest BCUT2D eigenvalue weighted by Crippen LogP contribution is 2.20. The number of nitrogens with zero attached hydrogens (tertiary/aromatic N) is 2. The normalized spacial score (nSPS) is 23.2. The molecule has 5 nitrogen and oxygen atoms in total. The van der Waals surface area contributed by atoms with Crippen LogP contribution in [0.15, 0.2) is 6.20 Å². The Morgan fingerprint density at radius 1 is 1.53 bits per heavy atom. The van der Waals surface area contributed by atoms with E-state index in [-0.39, 0.29) is 17.5 Å². The van der Waals surface area contributed by atoms with Crippen LogP contribution in [0.2, 0.25) is 0 Å². The molecule has 96 valence electrons. The number of hydrogen-bond donors (Lipinski definition) is 1. The van der Waals surface area contributed by atoms with E-state index in [9.17, 15) is 8.42 Å². The maximum absolute atomic E-state index is 11.4. The Labute approximate surface area is 102 Å². The number of rotatable bonds is 3. The maximum atomic E-state index is 11.4. The van der Waals surface area contributed by atoms with Crippen LogP contribution >= 0.6 is 0 Å². The smallest absolute Gasteiger partial charge is 0.203 e. The fourth-order valence-corrected chi connectivity index (χ4v) is 3.78. The highest BCUT2D eigenvalue weighted by atomic mass is 32.2. The monoisotopic (exact) mass is 257 g/mol. The Morgan fingerprint density at radius 3 is 2.76 bits per heavy atom. The molecule has 1 atom stereocenters. The third-order valence-electron chi connectivity index (χ3n) is 2.97. The zero-order valence-corrected chi connectivity index (χ0v) is 11.3. The molecule has 0 aromatic carbocycles. The molecule has 1 aliphatic rings. The number of aryl methyl sites for hydroxylation is 1. The number of sulfone groups is 1. The first-order valence-electron chi connectivity index (χ1n) is 5.90. The van der Waals surface area contributed by atoms with E-state index in [2.05, 4.69) is 24.1 Å². The lowest BCUT2D eigenvalue weighted by molar-refractivity contribution is 0.597. The van der Waals surface area contributed by atoms with Crippen molar-refractivity contribution < 1.29 is 8.42 Å². The summed E-state index contributed by atoms with van der Waals surface area (Å²) in [5.74, 6) is 1.28. The molecule has 1 saturated heterocycles. The largest absolute Gasteiger partial charge is 0.352 e. The first-order chi connectivity index (χ1) is 7.87. The van der Waals surface area contributed by atoms with Gasteiger partial charge in [0, 0.05) is 18.3 Å². The van der Waals surface area contributed by atoms with Gasteiger partial charge in [-0.3, -0.25) is 0 Å². The Morgan fingerprint density at radius 2 is 2.24 bits per heavy atom. The van der Waals surface area contributed by atoms with E-state index < -0.39 is 9.84 Å². The van der Waals surface area contributed by atoms with E-state index in [0.29, 0.717) is 12.5 Å². The summed E-state index contributed by atoms with van der Waals surface area (Å²) in [6.45, 7) is 6.10. The summed E-state index contributed by atoms with van der Waals surface area (Å²) in [7, 11) is -2.84. The molecule has 1 aromatic heterocycles. The minimum absolute atomic E-state index is 0.000648. The van der Waals surface area contributed by atoms with Gasteiger partial charge in [-0.05, 0) is 27.2 Å². The van der Waals surface area contributed by atoms with Gasteiger partial charge in [-0.2, -0.15) is 0 Å². The average molecular weight is 257 g/mol. The van der Waals surface area contributed by atoms with Gasteiger partial charge in [-0.15, -0.1) is 0 Å². The summed E-state index contributed by atoms with van der Waals surface area (Å²) in [6.07, 6.45) is 2.66. The van der Waals surface area contributed by atoms with Gasteiger partial charge in [0.25, 0.3) is 0 Å². The molecule has 0 spiro atoms. The molecule has 0 bridgehead atoms. The molecular weight excluding hydrogens is 238 g/mol. The van der Waals surface area contributed by atoms with Gasteiger partial charge in [0.2, 0.25) is 5.95 Å². The van der Waals surface area contributed by atoms with E-state index >= 15 is 0 Å². The summed E-state index contributed by atoms with van der Waals surface area (Å²) < 4.78 is 24.8.